The maximum absolute atomic E-state index is 10.1. The monoisotopic (exact) mass is 240 g/mol. The van der Waals surface area contributed by atoms with Gasteiger partial charge in [0.25, 0.3) is 0 Å². The lowest BCUT2D eigenvalue weighted by atomic mass is 9.79. The third-order valence-corrected chi connectivity index (χ3v) is 2.92. The van der Waals surface area contributed by atoms with Crippen molar-refractivity contribution in [1.29, 1.82) is 0 Å². The second-order valence-corrected chi connectivity index (χ2v) is 4.61. The minimum absolute atomic E-state index is 0.761. The lowest BCUT2D eigenvalue weighted by Gasteiger charge is -2.15. The molecule has 0 spiro atoms. The molecule has 0 saturated carbocycles. The van der Waals surface area contributed by atoms with Gasteiger partial charge < -0.3 is 9.68 Å². The van der Waals surface area contributed by atoms with Gasteiger partial charge in [-0.3, -0.25) is 0 Å². The van der Waals surface area contributed by atoms with Crippen LogP contribution in [0.15, 0.2) is 42.5 Å². The fourth-order valence-electron chi connectivity index (χ4n) is 2.15. The van der Waals surface area contributed by atoms with Gasteiger partial charge in [-0.25, -0.2) is 0 Å². The van der Waals surface area contributed by atoms with Crippen molar-refractivity contribution in [3.63, 3.8) is 0 Å². The number of benzene rings is 2. The molecule has 0 unspecified atom stereocenters. The average Bonchev–Trinajstić information content (AvgIpc) is 2.34. The zero-order valence-corrected chi connectivity index (χ0v) is 11.0. The molecule has 2 aromatic carbocycles. The van der Waals surface area contributed by atoms with Crippen LogP contribution in [0.3, 0.4) is 0 Å². The zero-order chi connectivity index (χ0) is 13.1. The Morgan fingerprint density at radius 3 is 2.06 bits per heavy atom. The van der Waals surface area contributed by atoms with Crippen LogP contribution in [-0.2, 0) is 0 Å². The van der Waals surface area contributed by atoms with E-state index in [2.05, 4.69) is 19.1 Å². The van der Waals surface area contributed by atoms with Crippen LogP contribution in [0.5, 0.6) is 5.75 Å². The smallest absolute Gasteiger partial charge is 0.532 e. The van der Waals surface area contributed by atoms with Gasteiger partial charge in [0.2, 0.25) is 0 Å². The molecule has 2 nitrogen and oxygen atoms in total. The molecule has 1 N–H and O–H groups in total. The molecule has 0 radical (unpaired) electrons. The van der Waals surface area contributed by atoms with E-state index in [4.69, 9.17) is 4.65 Å². The summed E-state index contributed by atoms with van der Waals surface area (Å²) in [7, 11) is -0.925. The molecule has 0 aliphatic heterocycles. The van der Waals surface area contributed by atoms with Gasteiger partial charge in [-0.2, -0.15) is 0 Å². The largest absolute Gasteiger partial charge is 0.560 e. The lowest BCUT2D eigenvalue weighted by Crippen LogP contribution is -2.36. The SMILES string of the molecule is Cc1cc(C)c(OB(O)c2ccccc2)c(C)c1. The highest BCUT2D eigenvalue weighted by Crippen LogP contribution is 2.24. The van der Waals surface area contributed by atoms with Crippen LogP contribution in [-0.4, -0.2) is 12.1 Å². The summed E-state index contributed by atoms with van der Waals surface area (Å²) in [6.07, 6.45) is 0. The summed E-state index contributed by atoms with van der Waals surface area (Å²) < 4.78 is 5.67. The molecule has 0 atom stereocenters. The molecule has 0 amide bonds. The predicted molar refractivity (Wildman–Crippen MR) is 75.3 cm³/mol. The Bertz CT molecular complexity index is 514. The second kappa shape index (κ2) is 5.28. The fraction of sp³-hybridized carbons (Fsp3) is 0.200. The first-order valence-corrected chi connectivity index (χ1v) is 6.05. The minimum Gasteiger partial charge on any atom is -0.532 e. The van der Waals surface area contributed by atoms with Crippen LogP contribution in [0.25, 0.3) is 0 Å². The number of hydrogen-bond donors (Lipinski definition) is 1. The molecule has 0 aliphatic rings. The Balaban J connectivity index is 2.25. The Morgan fingerprint density at radius 2 is 1.50 bits per heavy atom. The van der Waals surface area contributed by atoms with Crippen molar-refractivity contribution in [3.8, 4) is 5.75 Å². The zero-order valence-electron chi connectivity index (χ0n) is 11.0. The van der Waals surface area contributed by atoms with Crippen molar-refractivity contribution in [2.24, 2.45) is 0 Å². The van der Waals surface area contributed by atoms with E-state index in [1.165, 1.54) is 5.56 Å². The van der Waals surface area contributed by atoms with E-state index in [-0.39, 0.29) is 0 Å². The van der Waals surface area contributed by atoms with Crippen molar-refractivity contribution in [2.75, 3.05) is 0 Å². The van der Waals surface area contributed by atoms with E-state index in [1.54, 1.807) is 0 Å². The van der Waals surface area contributed by atoms with Gasteiger partial charge in [0.05, 0.1) is 0 Å². The highest BCUT2D eigenvalue weighted by molar-refractivity contribution is 6.60. The van der Waals surface area contributed by atoms with E-state index in [0.717, 1.165) is 22.3 Å². The standard InChI is InChI=1S/C15H17BO2/c1-11-9-12(2)15(13(3)10-11)18-16(17)14-7-5-4-6-8-14/h4-10,17H,1-3H3. The molecule has 0 fully saturated rings. The molecule has 18 heavy (non-hydrogen) atoms. The number of hydrogen-bond acceptors (Lipinski definition) is 2. The minimum atomic E-state index is -0.925. The second-order valence-electron chi connectivity index (χ2n) is 4.61. The normalized spacial score (nSPS) is 10.2. The van der Waals surface area contributed by atoms with Gasteiger partial charge in [-0.1, -0.05) is 48.0 Å². The van der Waals surface area contributed by atoms with Crippen LogP contribution < -0.4 is 10.1 Å². The predicted octanol–water partition coefficient (Wildman–Crippen LogP) is 2.38. The van der Waals surface area contributed by atoms with Crippen molar-refractivity contribution in [2.45, 2.75) is 20.8 Å². The van der Waals surface area contributed by atoms with Crippen molar-refractivity contribution in [1.82, 2.24) is 0 Å². The van der Waals surface area contributed by atoms with E-state index in [9.17, 15) is 5.02 Å². The first kappa shape index (κ1) is 12.7. The van der Waals surface area contributed by atoms with Gasteiger partial charge in [-0.05, 0) is 37.4 Å². The van der Waals surface area contributed by atoms with Crippen LogP contribution in [0.1, 0.15) is 16.7 Å². The summed E-state index contributed by atoms with van der Waals surface area (Å²) in [5, 5.41) is 10.1. The average molecular weight is 240 g/mol. The van der Waals surface area contributed by atoms with Gasteiger partial charge in [0.1, 0.15) is 5.75 Å². The molecular weight excluding hydrogens is 223 g/mol. The number of rotatable bonds is 3. The van der Waals surface area contributed by atoms with Crippen LogP contribution in [0.4, 0.5) is 0 Å². The molecule has 0 aliphatic carbocycles. The molecule has 2 aromatic rings. The van der Waals surface area contributed by atoms with Crippen molar-refractivity contribution in [3.05, 3.63) is 59.2 Å². The molecule has 0 bridgehead atoms. The summed E-state index contributed by atoms with van der Waals surface area (Å²) in [6, 6.07) is 13.5. The van der Waals surface area contributed by atoms with Crippen molar-refractivity contribution < 1.29 is 9.68 Å². The Labute approximate surface area is 108 Å². The first-order valence-electron chi connectivity index (χ1n) is 6.05. The highest BCUT2D eigenvalue weighted by atomic mass is 16.5. The summed E-state index contributed by atoms with van der Waals surface area (Å²) in [5.41, 5.74) is 4.05. The summed E-state index contributed by atoms with van der Waals surface area (Å²) in [4.78, 5) is 0. The molecule has 92 valence electrons. The summed E-state index contributed by atoms with van der Waals surface area (Å²) >= 11 is 0. The molecule has 0 saturated heterocycles. The van der Waals surface area contributed by atoms with Gasteiger partial charge in [0.15, 0.2) is 0 Å². The van der Waals surface area contributed by atoms with E-state index in [0.29, 0.717) is 0 Å². The van der Waals surface area contributed by atoms with Crippen LogP contribution >= 0.6 is 0 Å². The molecular formula is C15H17BO2. The maximum atomic E-state index is 10.1. The van der Waals surface area contributed by atoms with Crippen LogP contribution in [0.2, 0.25) is 0 Å². The summed E-state index contributed by atoms with van der Waals surface area (Å²) in [5.74, 6) is 0.761. The first-order chi connectivity index (χ1) is 8.58. The molecule has 0 aromatic heterocycles. The molecule has 3 heteroatoms. The van der Waals surface area contributed by atoms with Gasteiger partial charge in [-0.15, -0.1) is 0 Å². The van der Waals surface area contributed by atoms with Gasteiger partial charge >= 0.3 is 7.12 Å². The van der Waals surface area contributed by atoms with Crippen LogP contribution in [0, 0.1) is 20.8 Å². The Kier molecular flexibility index (Phi) is 3.73. The highest BCUT2D eigenvalue weighted by Gasteiger charge is 2.20. The number of aryl methyl sites for hydroxylation is 3. The lowest BCUT2D eigenvalue weighted by molar-refractivity contribution is 0.429. The third-order valence-electron chi connectivity index (χ3n) is 2.92. The van der Waals surface area contributed by atoms with E-state index >= 15 is 0 Å². The fourth-order valence-corrected chi connectivity index (χ4v) is 2.15. The van der Waals surface area contributed by atoms with E-state index < -0.39 is 7.12 Å². The van der Waals surface area contributed by atoms with Gasteiger partial charge in [0, 0.05) is 0 Å². The molecule has 0 heterocycles. The Hall–Kier alpha value is -1.74. The van der Waals surface area contributed by atoms with E-state index in [1.807, 2.05) is 44.2 Å². The summed E-state index contributed by atoms with van der Waals surface area (Å²) in [6.45, 7) is 6.04. The Morgan fingerprint density at radius 1 is 0.944 bits per heavy atom. The maximum Gasteiger partial charge on any atom is 0.560 e. The molecule has 2 rings (SSSR count). The topological polar surface area (TPSA) is 29.5 Å². The third kappa shape index (κ3) is 2.74. The quantitative estimate of drug-likeness (QED) is 0.834. The van der Waals surface area contributed by atoms with Crippen molar-refractivity contribution >= 4 is 12.6 Å².